The first-order valence-corrected chi connectivity index (χ1v) is 11.1. The topological polar surface area (TPSA) is 99.2 Å². The van der Waals surface area contributed by atoms with Crippen LogP contribution >= 0.6 is 24.0 Å². The predicted octanol–water partition coefficient (Wildman–Crippen LogP) is 2.49. The van der Waals surface area contributed by atoms with Crippen molar-refractivity contribution in [2.75, 3.05) is 25.1 Å². The minimum absolute atomic E-state index is 0. The highest BCUT2D eigenvalue weighted by Gasteiger charge is 2.09. The Bertz CT molecular complexity index is 802. The average molecular weight is 507 g/mol. The molecule has 0 aliphatic rings. The van der Waals surface area contributed by atoms with Crippen LogP contribution in [0.15, 0.2) is 29.3 Å². The highest BCUT2D eigenvalue weighted by Crippen LogP contribution is 2.11. The van der Waals surface area contributed by atoms with Crippen molar-refractivity contribution in [2.24, 2.45) is 4.99 Å². The number of H-pyrrole nitrogens is 1. The number of nitrogens with one attached hydrogen (secondary N) is 3. The van der Waals surface area contributed by atoms with E-state index in [2.05, 4.69) is 25.6 Å². The van der Waals surface area contributed by atoms with E-state index in [1.807, 2.05) is 38.1 Å². The smallest absolute Gasteiger partial charge is 0.191 e. The molecular weight excluding hydrogens is 477 g/mol. The summed E-state index contributed by atoms with van der Waals surface area (Å²) >= 11 is 0. The van der Waals surface area contributed by atoms with Crippen LogP contribution in [0.25, 0.3) is 11.0 Å². The normalized spacial score (nSPS) is 13.2. The summed E-state index contributed by atoms with van der Waals surface area (Å²) in [5, 5.41) is 6.46. The largest absolute Gasteiger partial charge is 0.357 e. The highest BCUT2D eigenvalue weighted by atomic mass is 127. The van der Waals surface area contributed by atoms with Gasteiger partial charge in [-0.1, -0.05) is 12.1 Å². The number of hydrogen-bond acceptors (Lipinski definition) is 4. The summed E-state index contributed by atoms with van der Waals surface area (Å²) < 4.78 is 22.5. The predicted molar refractivity (Wildman–Crippen MR) is 123 cm³/mol. The van der Waals surface area contributed by atoms with Gasteiger partial charge in [-0.15, -0.1) is 24.0 Å². The van der Waals surface area contributed by atoms with E-state index in [9.17, 15) is 8.42 Å². The fourth-order valence-electron chi connectivity index (χ4n) is 2.58. The molecule has 7 nitrogen and oxygen atoms in total. The van der Waals surface area contributed by atoms with Crippen LogP contribution in [0.2, 0.25) is 0 Å². The number of benzene rings is 1. The van der Waals surface area contributed by atoms with Crippen LogP contribution in [0.5, 0.6) is 0 Å². The number of aromatic nitrogens is 2. The number of aryl methyl sites for hydroxylation is 1. The standard InChI is InChI=1S/C18H29N5O2S.HI/c1-4-19-18(21-14(2)11-13-26(3,24)25)20-12-7-10-17-22-15-8-5-6-9-16(15)23-17;/h5-6,8-9,14H,4,7,10-13H2,1-3H3,(H,22,23)(H2,19,20,21);1H. The van der Waals surface area contributed by atoms with Gasteiger partial charge in [0.1, 0.15) is 15.7 Å². The molecule has 3 N–H and O–H groups in total. The van der Waals surface area contributed by atoms with Crippen LogP contribution in [-0.2, 0) is 16.3 Å². The Morgan fingerprint density at radius 3 is 2.74 bits per heavy atom. The number of nitrogens with zero attached hydrogens (tertiary/aromatic N) is 2. The maximum atomic E-state index is 11.3. The molecule has 0 aliphatic carbocycles. The van der Waals surface area contributed by atoms with Crippen LogP contribution in [-0.4, -0.2) is 55.5 Å². The monoisotopic (exact) mass is 507 g/mol. The van der Waals surface area contributed by atoms with Gasteiger partial charge in [0.2, 0.25) is 0 Å². The van der Waals surface area contributed by atoms with E-state index in [4.69, 9.17) is 0 Å². The van der Waals surface area contributed by atoms with Crippen molar-refractivity contribution in [3.05, 3.63) is 30.1 Å². The van der Waals surface area contributed by atoms with Crippen LogP contribution < -0.4 is 10.6 Å². The van der Waals surface area contributed by atoms with Gasteiger partial charge in [-0.2, -0.15) is 0 Å². The summed E-state index contributed by atoms with van der Waals surface area (Å²) in [5.74, 6) is 1.87. The highest BCUT2D eigenvalue weighted by molar-refractivity contribution is 14.0. The lowest BCUT2D eigenvalue weighted by Crippen LogP contribution is -2.42. The molecule has 1 unspecified atom stereocenters. The number of aromatic amines is 1. The average Bonchev–Trinajstić information content (AvgIpc) is 2.99. The lowest BCUT2D eigenvalue weighted by atomic mass is 10.2. The number of halogens is 1. The van der Waals surface area contributed by atoms with Crippen LogP contribution in [0, 0.1) is 0 Å². The Labute approximate surface area is 178 Å². The molecule has 27 heavy (non-hydrogen) atoms. The Kier molecular flexibility index (Phi) is 10.1. The molecule has 0 radical (unpaired) electrons. The SMILES string of the molecule is CCNC(=NCCCc1nc2ccccc2[nH]1)NC(C)CCS(C)(=O)=O.I. The molecule has 1 aromatic heterocycles. The van der Waals surface area contributed by atoms with E-state index < -0.39 is 9.84 Å². The lowest BCUT2D eigenvalue weighted by Gasteiger charge is -2.17. The summed E-state index contributed by atoms with van der Waals surface area (Å²) in [6, 6.07) is 8.04. The molecule has 2 rings (SSSR count). The van der Waals surface area contributed by atoms with Gasteiger partial charge < -0.3 is 15.6 Å². The second-order valence-electron chi connectivity index (χ2n) is 6.53. The Morgan fingerprint density at radius 1 is 1.33 bits per heavy atom. The third-order valence-corrected chi connectivity index (χ3v) is 4.91. The molecule has 2 aromatic rings. The minimum atomic E-state index is -2.94. The van der Waals surface area contributed by atoms with Crippen LogP contribution in [0.1, 0.15) is 32.5 Å². The van der Waals surface area contributed by atoms with Crippen molar-refractivity contribution in [3.63, 3.8) is 0 Å². The molecule has 9 heteroatoms. The lowest BCUT2D eigenvalue weighted by molar-refractivity contribution is 0.581. The molecule has 0 saturated carbocycles. The Morgan fingerprint density at radius 2 is 2.07 bits per heavy atom. The van der Waals surface area contributed by atoms with Gasteiger partial charge in [-0.3, -0.25) is 4.99 Å². The van der Waals surface area contributed by atoms with Crippen LogP contribution in [0.3, 0.4) is 0 Å². The molecule has 0 bridgehead atoms. The zero-order valence-electron chi connectivity index (χ0n) is 16.2. The third-order valence-electron chi connectivity index (χ3n) is 3.93. The minimum Gasteiger partial charge on any atom is -0.357 e. The number of hydrogen-bond donors (Lipinski definition) is 3. The molecule has 1 aromatic carbocycles. The van der Waals surface area contributed by atoms with Crippen molar-refractivity contribution < 1.29 is 8.42 Å². The van der Waals surface area contributed by atoms with Crippen molar-refractivity contribution in [2.45, 2.75) is 39.2 Å². The zero-order valence-corrected chi connectivity index (χ0v) is 19.3. The molecule has 0 fully saturated rings. The van der Waals surface area contributed by atoms with Gasteiger partial charge in [-0.05, 0) is 38.8 Å². The van der Waals surface area contributed by atoms with Crippen molar-refractivity contribution in [3.8, 4) is 0 Å². The Hall–Kier alpha value is -1.36. The van der Waals surface area contributed by atoms with Gasteiger partial charge >= 0.3 is 0 Å². The summed E-state index contributed by atoms with van der Waals surface area (Å²) in [6.07, 6.45) is 3.54. The summed E-state index contributed by atoms with van der Waals surface area (Å²) in [5.41, 5.74) is 2.04. The second kappa shape index (κ2) is 11.5. The van der Waals surface area contributed by atoms with Gasteiger partial charge in [0.15, 0.2) is 5.96 Å². The Balaban J connectivity index is 0.00000364. The molecule has 0 aliphatic heterocycles. The van der Waals surface area contributed by atoms with E-state index in [1.165, 1.54) is 6.26 Å². The van der Waals surface area contributed by atoms with E-state index in [0.717, 1.165) is 42.2 Å². The quantitative estimate of drug-likeness (QED) is 0.210. The van der Waals surface area contributed by atoms with E-state index in [0.29, 0.717) is 13.0 Å². The van der Waals surface area contributed by atoms with Gasteiger partial charge in [0.05, 0.1) is 16.8 Å². The van der Waals surface area contributed by atoms with Crippen molar-refractivity contribution in [1.29, 1.82) is 0 Å². The summed E-state index contributed by atoms with van der Waals surface area (Å²) in [6.45, 7) is 5.40. The maximum absolute atomic E-state index is 11.3. The van der Waals surface area contributed by atoms with Gasteiger partial charge in [-0.25, -0.2) is 13.4 Å². The van der Waals surface area contributed by atoms with Crippen molar-refractivity contribution >= 4 is 50.8 Å². The van der Waals surface area contributed by atoms with E-state index in [1.54, 1.807) is 0 Å². The van der Waals surface area contributed by atoms with Gasteiger partial charge in [0, 0.05) is 31.8 Å². The molecule has 0 saturated heterocycles. The van der Waals surface area contributed by atoms with E-state index >= 15 is 0 Å². The summed E-state index contributed by atoms with van der Waals surface area (Å²) in [7, 11) is -2.94. The van der Waals surface area contributed by atoms with Crippen molar-refractivity contribution in [1.82, 2.24) is 20.6 Å². The van der Waals surface area contributed by atoms with Gasteiger partial charge in [0.25, 0.3) is 0 Å². The number of aliphatic imine (C=N–C) groups is 1. The molecule has 0 spiro atoms. The fraction of sp³-hybridized carbons (Fsp3) is 0.556. The fourth-order valence-corrected chi connectivity index (χ4v) is 3.36. The number of fused-ring (bicyclic) bond motifs is 1. The number of rotatable bonds is 9. The zero-order chi connectivity index (χ0) is 19.0. The number of imidazole rings is 1. The third kappa shape index (κ3) is 8.91. The number of sulfone groups is 1. The molecule has 1 heterocycles. The second-order valence-corrected chi connectivity index (χ2v) is 8.79. The first-order chi connectivity index (χ1) is 12.4. The molecule has 0 amide bonds. The van der Waals surface area contributed by atoms with Crippen LogP contribution in [0.4, 0.5) is 0 Å². The molecule has 152 valence electrons. The molecule has 1 atom stereocenters. The summed E-state index contributed by atoms with van der Waals surface area (Å²) in [4.78, 5) is 12.5. The van der Waals surface area contributed by atoms with E-state index in [-0.39, 0.29) is 35.8 Å². The first kappa shape index (κ1) is 23.7. The number of guanidine groups is 1. The first-order valence-electron chi connectivity index (χ1n) is 9.03. The molecular formula is C18H30IN5O2S. The maximum Gasteiger partial charge on any atom is 0.191 e. The number of para-hydroxylation sites is 2.